The predicted molar refractivity (Wildman–Crippen MR) is 107 cm³/mol. The molecule has 2 aromatic rings. The molecule has 1 fully saturated rings. The molecule has 0 aromatic heterocycles. The van der Waals surface area contributed by atoms with Crippen molar-refractivity contribution in [3.63, 3.8) is 0 Å². The molecule has 1 aliphatic heterocycles. The van der Waals surface area contributed by atoms with Crippen molar-refractivity contribution in [2.75, 3.05) is 44.8 Å². The van der Waals surface area contributed by atoms with Gasteiger partial charge in [-0.3, -0.25) is 0 Å². The number of para-hydroxylation sites is 1. The number of nitrogens with one attached hydrogen (secondary N) is 1. The zero-order valence-electron chi connectivity index (χ0n) is 16.0. The molecule has 1 heterocycles. The molecule has 6 heteroatoms. The SMILES string of the molecule is CCOc1ccc(CNC(=O)N2CCN(c3ccccc3)CC2)cc1OC. The van der Waals surface area contributed by atoms with Gasteiger partial charge in [-0.15, -0.1) is 0 Å². The smallest absolute Gasteiger partial charge is 0.317 e. The molecule has 0 unspecified atom stereocenters. The molecule has 0 radical (unpaired) electrons. The Labute approximate surface area is 160 Å². The van der Waals surface area contributed by atoms with E-state index in [0.717, 1.165) is 18.7 Å². The van der Waals surface area contributed by atoms with Crippen molar-refractivity contribution in [3.8, 4) is 11.5 Å². The van der Waals surface area contributed by atoms with Gasteiger partial charge in [0.15, 0.2) is 11.5 Å². The van der Waals surface area contributed by atoms with Crippen molar-refractivity contribution < 1.29 is 14.3 Å². The van der Waals surface area contributed by atoms with Gasteiger partial charge in [0.05, 0.1) is 13.7 Å². The summed E-state index contributed by atoms with van der Waals surface area (Å²) < 4.78 is 10.9. The molecule has 0 bridgehead atoms. The maximum absolute atomic E-state index is 12.5. The average Bonchev–Trinajstić information content (AvgIpc) is 2.73. The van der Waals surface area contributed by atoms with E-state index < -0.39 is 0 Å². The highest BCUT2D eigenvalue weighted by atomic mass is 16.5. The van der Waals surface area contributed by atoms with Crippen LogP contribution in [-0.2, 0) is 6.54 Å². The fourth-order valence-corrected chi connectivity index (χ4v) is 3.19. The summed E-state index contributed by atoms with van der Waals surface area (Å²) in [5.41, 5.74) is 2.19. The van der Waals surface area contributed by atoms with Crippen molar-refractivity contribution in [3.05, 3.63) is 54.1 Å². The number of urea groups is 1. The largest absolute Gasteiger partial charge is 0.493 e. The van der Waals surface area contributed by atoms with Crippen molar-refractivity contribution in [1.82, 2.24) is 10.2 Å². The van der Waals surface area contributed by atoms with Gasteiger partial charge in [-0.25, -0.2) is 4.79 Å². The van der Waals surface area contributed by atoms with E-state index in [1.54, 1.807) is 7.11 Å². The molecule has 1 N–H and O–H groups in total. The highest BCUT2D eigenvalue weighted by molar-refractivity contribution is 5.74. The molecular formula is C21H27N3O3. The van der Waals surface area contributed by atoms with Gasteiger partial charge in [0.2, 0.25) is 0 Å². The van der Waals surface area contributed by atoms with E-state index in [2.05, 4.69) is 22.3 Å². The number of benzene rings is 2. The molecule has 1 saturated heterocycles. The third kappa shape index (κ3) is 4.84. The van der Waals surface area contributed by atoms with Crippen LogP contribution in [0.25, 0.3) is 0 Å². The van der Waals surface area contributed by atoms with Gasteiger partial charge >= 0.3 is 6.03 Å². The lowest BCUT2D eigenvalue weighted by Gasteiger charge is -2.36. The predicted octanol–water partition coefficient (Wildman–Crippen LogP) is 3.13. The lowest BCUT2D eigenvalue weighted by atomic mass is 10.2. The molecule has 144 valence electrons. The maximum Gasteiger partial charge on any atom is 0.317 e. The van der Waals surface area contributed by atoms with Crippen molar-refractivity contribution in [2.24, 2.45) is 0 Å². The number of amides is 2. The third-order valence-electron chi connectivity index (χ3n) is 4.66. The second-order valence-electron chi connectivity index (χ2n) is 6.39. The highest BCUT2D eigenvalue weighted by Gasteiger charge is 2.21. The van der Waals surface area contributed by atoms with Crippen molar-refractivity contribution in [2.45, 2.75) is 13.5 Å². The quantitative estimate of drug-likeness (QED) is 0.850. The zero-order valence-corrected chi connectivity index (χ0v) is 16.0. The number of hydrogen-bond acceptors (Lipinski definition) is 4. The molecule has 3 rings (SSSR count). The number of piperazine rings is 1. The van der Waals surface area contributed by atoms with Gasteiger partial charge < -0.3 is 24.6 Å². The van der Waals surface area contributed by atoms with Crippen LogP contribution in [0, 0.1) is 0 Å². The lowest BCUT2D eigenvalue weighted by Crippen LogP contribution is -2.51. The normalized spacial score (nSPS) is 14.0. The first kappa shape index (κ1) is 18.9. The van der Waals surface area contributed by atoms with Gasteiger partial charge in [0, 0.05) is 38.4 Å². The number of anilines is 1. The summed E-state index contributed by atoms with van der Waals surface area (Å²) in [6, 6.07) is 16.0. The van der Waals surface area contributed by atoms with Gasteiger partial charge in [-0.1, -0.05) is 24.3 Å². The Morgan fingerprint density at radius 2 is 1.78 bits per heavy atom. The monoisotopic (exact) mass is 369 g/mol. The molecular weight excluding hydrogens is 342 g/mol. The maximum atomic E-state index is 12.5. The van der Waals surface area contributed by atoms with E-state index in [4.69, 9.17) is 9.47 Å². The number of carbonyl (C=O) groups excluding carboxylic acids is 1. The van der Waals surface area contributed by atoms with Gasteiger partial charge in [0.25, 0.3) is 0 Å². The van der Waals surface area contributed by atoms with E-state index in [9.17, 15) is 4.79 Å². The van der Waals surface area contributed by atoms with Gasteiger partial charge in [-0.2, -0.15) is 0 Å². The number of hydrogen-bond donors (Lipinski definition) is 1. The number of ether oxygens (including phenoxy) is 2. The Morgan fingerprint density at radius 3 is 2.44 bits per heavy atom. The van der Waals surface area contributed by atoms with Crippen molar-refractivity contribution in [1.29, 1.82) is 0 Å². The zero-order chi connectivity index (χ0) is 19.1. The topological polar surface area (TPSA) is 54.0 Å². The minimum atomic E-state index is -0.0319. The molecule has 0 atom stereocenters. The fraction of sp³-hybridized carbons (Fsp3) is 0.381. The Bertz CT molecular complexity index is 744. The summed E-state index contributed by atoms with van der Waals surface area (Å²) in [5, 5.41) is 3.00. The summed E-state index contributed by atoms with van der Waals surface area (Å²) in [7, 11) is 1.62. The van der Waals surface area contributed by atoms with E-state index in [0.29, 0.717) is 37.7 Å². The Hall–Kier alpha value is -2.89. The third-order valence-corrected chi connectivity index (χ3v) is 4.66. The van der Waals surface area contributed by atoms with Crippen molar-refractivity contribution >= 4 is 11.7 Å². The highest BCUT2D eigenvalue weighted by Crippen LogP contribution is 2.28. The van der Waals surface area contributed by atoms with E-state index >= 15 is 0 Å². The van der Waals surface area contributed by atoms with Crippen LogP contribution in [0.1, 0.15) is 12.5 Å². The molecule has 2 aromatic carbocycles. The summed E-state index contributed by atoms with van der Waals surface area (Å²) in [5.74, 6) is 1.40. The first-order chi connectivity index (χ1) is 13.2. The van der Waals surface area contributed by atoms with E-state index in [-0.39, 0.29) is 6.03 Å². The molecule has 2 amide bonds. The first-order valence-corrected chi connectivity index (χ1v) is 9.33. The van der Waals surface area contributed by atoms with Crippen LogP contribution >= 0.6 is 0 Å². The minimum Gasteiger partial charge on any atom is -0.493 e. The Balaban J connectivity index is 1.50. The van der Waals surface area contributed by atoms with Crippen LogP contribution in [0.3, 0.4) is 0 Å². The molecule has 6 nitrogen and oxygen atoms in total. The number of nitrogens with zero attached hydrogens (tertiary/aromatic N) is 2. The number of carbonyl (C=O) groups is 1. The van der Waals surface area contributed by atoms with Crippen LogP contribution in [0.5, 0.6) is 11.5 Å². The first-order valence-electron chi connectivity index (χ1n) is 9.33. The summed E-state index contributed by atoms with van der Waals surface area (Å²) >= 11 is 0. The second-order valence-corrected chi connectivity index (χ2v) is 6.39. The van der Waals surface area contributed by atoms with Crippen LogP contribution in [0.2, 0.25) is 0 Å². The van der Waals surface area contributed by atoms with Crippen LogP contribution in [-0.4, -0.2) is 50.8 Å². The minimum absolute atomic E-state index is 0.0319. The van der Waals surface area contributed by atoms with Crippen LogP contribution < -0.4 is 19.7 Å². The fourth-order valence-electron chi connectivity index (χ4n) is 3.19. The van der Waals surface area contributed by atoms with Crippen LogP contribution in [0.15, 0.2) is 48.5 Å². The molecule has 0 saturated carbocycles. The van der Waals surface area contributed by atoms with E-state index in [1.165, 1.54) is 5.69 Å². The number of rotatable bonds is 6. The molecule has 27 heavy (non-hydrogen) atoms. The summed E-state index contributed by atoms with van der Waals surface area (Å²) in [4.78, 5) is 16.7. The summed E-state index contributed by atoms with van der Waals surface area (Å²) in [6.45, 7) is 6.09. The van der Waals surface area contributed by atoms with Crippen LogP contribution in [0.4, 0.5) is 10.5 Å². The Morgan fingerprint density at radius 1 is 1.04 bits per heavy atom. The summed E-state index contributed by atoms with van der Waals surface area (Å²) in [6.07, 6.45) is 0. The lowest BCUT2D eigenvalue weighted by molar-refractivity contribution is 0.194. The molecule has 0 spiro atoms. The standard InChI is InChI=1S/C21H27N3O3/c1-3-27-19-10-9-17(15-20(19)26-2)16-22-21(25)24-13-11-23(12-14-24)18-7-5-4-6-8-18/h4-10,15H,3,11-14,16H2,1-2H3,(H,22,25). The van der Waals surface area contributed by atoms with Gasteiger partial charge in [-0.05, 0) is 36.8 Å². The average molecular weight is 369 g/mol. The number of methoxy groups -OCH3 is 1. The molecule has 1 aliphatic rings. The van der Waals surface area contributed by atoms with Gasteiger partial charge in [0.1, 0.15) is 0 Å². The van der Waals surface area contributed by atoms with E-state index in [1.807, 2.05) is 48.2 Å². The Kier molecular flexibility index (Phi) is 6.41. The second kappa shape index (κ2) is 9.16. The molecule has 0 aliphatic carbocycles.